The van der Waals surface area contributed by atoms with E-state index >= 15 is 0 Å². The van der Waals surface area contributed by atoms with Crippen LogP contribution in [-0.2, 0) is 0 Å². The van der Waals surface area contributed by atoms with Crippen molar-refractivity contribution in [2.45, 2.75) is 45.1 Å². The number of rotatable bonds is 3. The summed E-state index contributed by atoms with van der Waals surface area (Å²) < 4.78 is 5.19. The molecule has 2 rings (SSSR count). The minimum absolute atomic E-state index is 0.682. The summed E-state index contributed by atoms with van der Waals surface area (Å²) >= 11 is 0. The van der Waals surface area contributed by atoms with Gasteiger partial charge in [0.2, 0.25) is 0 Å². The zero-order valence-corrected chi connectivity index (χ0v) is 9.70. The maximum Gasteiger partial charge on any atom is 0.0937 e. The molecular formula is C13H21NO. The van der Waals surface area contributed by atoms with Crippen molar-refractivity contribution in [1.82, 2.24) is 5.32 Å². The Bertz CT molecular complexity index is 281. The van der Waals surface area contributed by atoms with E-state index in [2.05, 4.69) is 25.2 Å². The van der Waals surface area contributed by atoms with Gasteiger partial charge >= 0.3 is 0 Å². The van der Waals surface area contributed by atoms with E-state index in [0.717, 1.165) is 12.5 Å². The highest BCUT2D eigenvalue weighted by atomic mass is 16.3. The molecule has 1 fully saturated rings. The van der Waals surface area contributed by atoms with Crippen LogP contribution in [0.15, 0.2) is 23.0 Å². The van der Waals surface area contributed by atoms with Crippen LogP contribution in [0.5, 0.6) is 0 Å². The molecule has 0 spiro atoms. The van der Waals surface area contributed by atoms with E-state index in [1.54, 1.807) is 6.26 Å². The Morgan fingerprint density at radius 3 is 3.00 bits per heavy atom. The Labute approximate surface area is 92.1 Å². The van der Waals surface area contributed by atoms with Gasteiger partial charge in [-0.25, -0.2) is 0 Å². The zero-order valence-electron chi connectivity index (χ0n) is 9.70. The van der Waals surface area contributed by atoms with Crippen molar-refractivity contribution in [2.75, 3.05) is 6.54 Å². The third kappa shape index (κ3) is 2.43. The fraction of sp³-hybridized carbons (Fsp3) is 0.692. The monoisotopic (exact) mass is 207 g/mol. The van der Waals surface area contributed by atoms with Gasteiger partial charge in [0.25, 0.3) is 0 Å². The van der Waals surface area contributed by atoms with Gasteiger partial charge in [-0.2, -0.15) is 0 Å². The van der Waals surface area contributed by atoms with Crippen LogP contribution in [0.1, 0.15) is 44.6 Å². The van der Waals surface area contributed by atoms with Crippen LogP contribution in [0.4, 0.5) is 0 Å². The second-order valence-electron chi connectivity index (χ2n) is 4.71. The SMILES string of the molecule is CCNC1CCC(C)C(c2ccoc2)C1. The van der Waals surface area contributed by atoms with Gasteiger partial charge in [-0.15, -0.1) is 0 Å². The summed E-state index contributed by atoms with van der Waals surface area (Å²) in [6.07, 6.45) is 7.61. The molecule has 0 saturated heterocycles. The topological polar surface area (TPSA) is 25.2 Å². The Morgan fingerprint density at radius 1 is 1.47 bits per heavy atom. The predicted octanol–water partition coefficient (Wildman–Crippen LogP) is 3.16. The minimum Gasteiger partial charge on any atom is -0.472 e. The van der Waals surface area contributed by atoms with E-state index in [4.69, 9.17) is 4.42 Å². The Hall–Kier alpha value is -0.760. The first-order chi connectivity index (χ1) is 7.31. The van der Waals surface area contributed by atoms with Crippen molar-refractivity contribution < 1.29 is 4.42 Å². The largest absolute Gasteiger partial charge is 0.472 e. The molecular weight excluding hydrogens is 186 g/mol. The molecule has 0 amide bonds. The van der Waals surface area contributed by atoms with Crippen LogP contribution in [0.2, 0.25) is 0 Å². The molecule has 0 bridgehead atoms. The summed E-state index contributed by atoms with van der Waals surface area (Å²) in [5, 5.41) is 3.57. The molecule has 84 valence electrons. The van der Waals surface area contributed by atoms with Crippen molar-refractivity contribution in [3.8, 4) is 0 Å². The van der Waals surface area contributed by atoms with Crippen molar-refractivity contribution >= 4 is 0 Å². The second-order valence-corrected chi connectivity index (χ2v) is 4.71. The quantitative estimate of drug-likeness (QED) is 0.823. The summed E-state index contributed by atoms with van der Waals surface area (Å²) in [5.74, 6) is 1.47. The molecule has 2 nitrogen and oxygen atoms in total. The summed E-state index contributed by atoms with van der Waals surface area (Å²) in [6, 6.07) is 2.82. The first-order valence-corrected chi connectivity index (χ1v) is 6.06. The molecule has 1 N–H and O–H groups in total. The normalized spacial score (nSPS) is 31.7. The highest BCUT2D eigenvalue weighted by Crippen LogP contribution is 2.37. The average molecular weight is 207 g/mol. The van der Waals surface area contributed by atoms with Crippen molar-refractivity contribution in [3.05, 3.63) is 24.2 Å². The standard InChI is InChI=1S/C13H21NO/c1-3-14-12-5-4-10(2)13(8-12)11-6-7-15-9-11/h6-7,9-10,12-14H,3-5,8H2,1-2H3. The molecule has 3 unspecified atom stereocenters. The van der Waals surface area contributed by atoms with Crippen LogP contribution < -0.4 is 5.32 Å². The van der Waals surface area contributed by atoms with Gasteiger partial charge in [0.15, 0.2) is 0 Å². The lowest BCUT2D eigenvalue weighted by atomic mass is 9.75. The lowest BCUT2D eigenvalue weighted by Crippen LogP contribution is -2.35. The number of nitrogens with one attached hydrogen (secondary N) is 1. The molecule has 1 heterocycles. The van der Waals surface area contributed by atoms with Crippen molar-refractivity contribution in [1.29, 1.82) is 0 Å². The smallest absolute Gasteiger partial charge is 0.0937 e. The maximum atomic E-state index is 5.19. The van der Waals surface area contributed by atoms with Gasteiger partial charge in [-0.05, 0) is 49.3 Å². The number of hydrogen-bond donors (Lipinski definition) is 1. The number of furan rings is 1. The van der Waals surface area contributed by atoms with E-state index in [0.29, 0.717) is 12.0 Å². The molecule has 15 heavy (non-hydrogen) atoms. The highest BCUT2D eigenvalue weighted by molar-refractivity contribution is 5.15. The maximum absolute atomic E-state index is 5.19. The molecule has 1 aromatic rings. The van der Waals surface area contributed by atoms with Crippen LogP contribution in [0.3, 0.4) is 0 Å². The molecule has 0 aromatic carbocycles. The third-order valence-corrected chi connectivity index (χ3v) is 3.66. The van der Waals surface area contributed by atoms with Crippen LogP contribution in [-0.4, -0.2) is 12.6 Å². The molecule has 1 saturated carbocycles. The Balaban J connectivity index is 2.02. The molecule has 1 aromatic heterocycles. The first-order valence-electron chi connectivity index (χ1n) is 6.06. The summed E-state index contributed by atoms with van der Waals surface area (Å²) in [4.78, 5) is 0. The van der Waals surface area contributed by atoms with Crippen LogP contribution in [0, 0.1) is 5.92 Å². The van der Waals surface area contributed by atoms with Crippen LogP contribution >= 0.6 is 0 Å². The second kappa shape index (κ2) is 4.84. The molecule has 1 aliphatic carbocycles. The number of hydrogen-bond acceptors (Lipinski definition) is 2. The van der Waals surface area contributed by atoms with E-state index in [1.165, 1.54) is 24.8 Å². The van der Waals surface area contributed by atoms with Gasteiger partial charge in [0, 0.05) is 6.04 Å². The fourth-order valence-corrected chi connectivity index (χ4v) is 2.75. The van der Waals surface area contributed by atoms with E-state index < -0.39 is 0 Å². The lowest BCUT2D eigenvalue weighted by molar-refractivity contribution is 0.270. The van der Waals surface area contributed by atoms with Gasteiger partial charge in [0.05, 0.1) is 12.5 Å². The van der Waals surface area contributed by atoms with E-state index in [-0.39, 0.29) is 0 Å². The van der Waals surface area contributed by atoms with E-state index in [1.807, 2.05) is 6.26 Å². The Morgan fingerprint density at radius 2 is 2.33 bits per heavy atom. The van der Waals surface area contributed by atoms with Crippen LogP contribution in [0.25, 0.3) is 0 Å². The van der Waals surface area contributed by atoms with Crippen molar-refractivity contribution in [2.24, 2.45) is 5.92 Å². The first kappa shape index (κ1) is 10.7. The Kier molecular flexibility index (Phi) is 3.47. The fourth-order valence-electron chi connectivity index (χ4n) is 2.75. The zero-order chi connectivity index (χ0) is 10.7. The van der Waals surface area contributed by atoms with Gasteiger partial charge < -0.3 is 9.73 Å². The highest BCUT2D eigenvalue weighted by Gasteiger charge is 2.28. The molecule has 0 aliphatic heterocycles. The predicted molar refractivity (Wildman–Crippen MR) is 61.9 cm³/mol. The average Bonchev–Trinajstić information content (AvgIpc) is 2.74. The van der Waals surface area contributed by atoms with Gasteiger partial charge in [-0.3, -0.25) is 0 Å². The van der Waals surface area contributed by atoms with Gasteiger partial charge in [-0.1, -0.05) is 13.8 Å². The molecule has 0 radical (unpaired) electrons. The summed E-state index contributed by atoms with van der Waals surface area (Å²) in [6.45, 7) is 5.63. The molecule has 1 aliphatic rings. The molecule has 3 atom stereocenters. The van der Waals surface area contributed by atoms with Gasteiger partial charge in [0.1, 0.15) is 0 Å². The summed E-state index contributed by atoms with van der Waals surface area (Å²) in [7, 11) is 0. The van der Waals surface area contributed by atoms with Crippen molar-refractivity contribution in [3.63, 3.8) is 0 Å². The molecule has 2 heteroatoms. The third-order valence-electron chi connectivity index (χ3n) is 3.66. The van der Waals surface area contributed by atoms with E-state index in [9.17, 15) is 0 Å². The summed E-state index contributed by atoms with van der Waals surface area (Å²) in [5.41, 5.74) is 1.38. The minimum atomic E-state index is 0.682. The lowest BCUT2D eigenvalue weighted by Gasteiger charge is -2.34.